The highest BCUT2D eigenvalue weighted by atomic mass is 32.2. The zero-order valence-electron chi connectivity index (χ0n) is 14.6. The van der Waals surface area contributed by atoms with Gasteiger partial charge in [0.2, 0.25) is 10.0 Å². The molecule has 1 aliphatic heterocycles. The fourth-order valence-corrected chi connectivity index (χ4v) is 3.62. The Bertz CT molecular complexity index is 973. The lowest BCUT2D eigenvalue weighted by Gasteiger charge is -2.35. The van der Waals surface area contributed by atoms with E-state index in [1.807, 2.05) is 12.1 Å². The number of carbonyl (C=O) groups is 2. The van der Waals surface area contributed by atoms with Crippen LogP contribution >= 0.6 is 0 Å². The summed E-state index contributed by atoms with van der Waals surface area (Å²) in [5.74, 6) is -0.420. The zero-order valence-corrected chi connectivity index (χ0v) is 15.4. The first-order chi connectivity index (χ1) is 12.8. The van der Waals surface area contributed by atoms with E-state index in [9.17, 15) is 18.0 Å². The molecular weight excluding hydrogens is 370 g/mol. The summed E-state index contributed by atoms with van der Waals surface area (Å²) in [6.45, 7) is 0.353. The van der Waals surface area contributed by atoms with Crippen molar-refractivity contribution in [2.75, 3.05) is 19.0 Å². The van der Waals surface area contributed by atoms with Crippen LogP contribution in [0, 0.1) is 0 Å². The third-order valence-electron chi connectivity index (χ3n) is 4.39. The number of benzene rings is 2. The lowest BCUT2D eigenvalue weighted by Crippen LogP contribution is -2.45. The minimum atomic E-state index is -3.81. The Morgan fingerprint density at radius 2 is 1.81 bits per heavy atom. The Kier molecular flexibility index (Phi) is 5.15. The highest BCUT2D eigenvalue weighted by Gasteiger charge is 2.36. The lowest BCUT2D eigenvalue weighted by atomic mass is 9.92. The van der Waals surface area contributed by atoms with Crippen LogP contribution in [0.15, 0.2) is 53.4 Å². The van der Waals surface area contributed by atoms with Crippen LogP contribution in [0.5, 0.6) is 0 Å². The predicted octanol–water partition coefficient (Wildman–Crippen LogP) is 1.64. The number of fused-ring (bicyclic) bond motifs is 1. The second-order valence-corrected chi connectivity index (χ2v) is 7.63. The van der Waals surface area contributed by atoms with Gasteiger partial charge in [-0.25, -0.2) is 18.4 Å². The van der Waals surface area contributed by atoms with Gasteiger partial charge in [-0.1, -0.05) is 24.3 Å². The minimum absolute atomic E-state index is 0.0558. The Labute approximate surface area is 157 Å². The van der Waals surface area contributed by atoms with Gasteiger partial charge in [0.05, 0.1) is 12.0 Å². The van der Waals surface area contributed by atoms with Crippen molar-refractivity contribution in [2.45, 2.75) is 17.4 Å². The molecule has 2 amide bonds. The van der Waals surface area contributed by atoms with Crippen molar-refractivity contribution in [3.05, 3.63) is 59.7 Å². The highest BCUT2D eigenvalue weighted by Crippen LogP contribution is 2.31. The van der Waals surface area contributed by atoms with E-state index in [0.29, 0.717) is 18.7 Å². The molecule has 0 aliphatic carbocycles. The van der Waals surface area contributed by atoms with Crippen molar-refractivity contribution < 1.29 is 22.7 Å². The van der Waals surface area contributed by atoms with Gasteiger partial charge in [0, 0.05) is 12.2 Å². The topological polar surface area (TPSA) is 119 Å². The van der Waals surface area contributed by atoms with Gasteiger partial charge in [-0.2, -0.15) is 0 Å². The summed E-state index contributed by atoms with van der Waals surface area (Å²) in [6.07, 6.45) is 0.0344. The maximum Gasteiger partial charge on any atom is 0.410 e. The number of methoxy groups -OCH3 is 1. The number of nitrogens with zero attached hydrogens (tertiary/aromatic N) is 1. The van der Waals surface area contributed by atoms with Crippen LogP contribution in [-0.2, 0) is 26.0 Å². The number of carbonyl (C=O) groups excluding carboxylic acids is 2. The largest absolute Gasteiger partial charge is 0.453 e. The van der Waals surface area contributed by atoms with Gasteiger partial charge in [-0.3, -0.25) is 9.69 Å². The van der Waals surface area contributed by atoms with Crippen LogP contribution in [0.3, 0.4) is 0 Å². The Morgan fingerprint density at radius 1 is 1.15 bits per heavy atom. The van der Waals surface area contributed by atoms with Gasteiger partial charge in [0.1, 0.15) is 6.04 Å². The van der Waals surface area contributed by atoms with Crippen LogP contribution < -0.4 is 10.5 Å². The molecule has 2 aromatic rings. The SMILES string of the molecule is COC(=O)N1CCc2ccccc2[C@H]1C(=O)Nc1ccc(S(N)(=O)=O)cc1. The Hall–Kier alpha value is -2.91. The van der Waals surface area contributed by atoms with Crippen molar-refractivity contribution in [2.24, 2.45) is 5.14 Å². The first-order valence-corrected chi connectivity index (χ1v) is 9.72. The maximum absolute atomic E-state index is 12.9. The maximum atomic E-state index is 12.9. The number of anilines is 1. The second-order valence-electron chi connectivity index (χ2n) is 6.07. The molecule has 0 bridgehead atoms. The van der Waals surface area contributed by atoms with Gasteiger partial charge < -0.3 is 10.1 Å². The van der Waals surface area contributed by atoms with E-state index in [1.54, 1.807) is 12.1 Å². The van der Waals surface area contributed by atoms with E-state index in [4.69, 9.17) is 9.88 Å². The molecule has 1 aliphatic rings. The lowest BCUT2D eigenvalue weighted by molar-refractivity contribution is -0.121. The first kappa shape index (κ1) is 18.9. The molecule has 0 fully saturated rings. The van der Waals surface area contributed by atoms with Crippen molar-refractivity contribution in [1.29, 1.82) is 0 Å². The molecule has 27 heavy (non-hydrogen) atoms. The molecule has 0 aromatic heterocycles. The summed E-state index contributed by atoms with van der Waals surface area (Å²) in [6, 6.07) is 12.1. The quantitative estimate of drug-likeness (QED) is 0.827. The van der Waals surface area contributed by atoms with Crippen molar-refractivity contribution in [3.8, 4) is 0 Å². The Balaban J connectivity index is 1.89. The number of amides is 2. The first-order valence-electron chi connectivity index (χ1n) is 8.17. The van der Waals surface area contributed by atoms with Crippen molar-refractivity contribution >= 4 is 27.7 Å². The summed E-state index contributed by atoms with van der Waals surface area (Å²) in [5.41, 5.74) is 2.11. The van der Waals surface area contributed by atoms with E-state index in [0.717, 1.165) is 11.1 Å². The standard InChI is InChI=1S/C18H19N3O5S/c1-26-18(23)21-11-10-12-4-2-3-5-15(12)16(21)17(22)20-13-6-8-14(9-7-13)27(19,24)25/h2-9,16H,10-11H2,1H3,(H,20,22)(H2,19,24,25)/t16-/m0/s1. The molecule has 142 valence electrons. The number of hydrogen-bond donors (Lipinski definition) is 2. The van der Waals surface area contributed by atoms with Gasteiger partial charge in [-0.05, 0) is 41.8 Å². The molecule has 1 heterocycles. The molecule has 3 N–H and O–H groups in total. The number of nitrogens with two attached hydrogens (primary N) is 1. The molecule has 0 saturated carbocycles. The molecule has 0 radical (unpaired) electrons. The smallest absolute Gasteiger partial charge is 0.410 e. The fourth-order valence-electron chi connectivity index (χ4n) is 3.10. The number of hydrogen-bond acceptors (Lipinski definition) is 5. The molecule has 0 unspecified atom stereocenters. The van der Waals surface area contributed by atoms with Gasteiger partial charge in [0.25, 0.3) is 5.91 Å². The van der Waals surface area contributed by atoms with E-state index in [1.165, 1.54) is 36.3 Å². The number of ether oxygens (including phenoxy) is 1. The minimum Gasteiger partial charge on any atom is -0.453 e. The third kappa shape index (κ3) is 3.93. The predicted molar refractivity (Wildman–Crippen MR) is 98.4 cm³/mol. The molecule has 0 saturated heterocycles. The monoisotopic (exact) mass is 389 g/mol. The van der Waals surface area contributed by atoms with Crippen LogP contribution in [0.25, 0.3) is 0 Å². The van der Waals surface area contributed by atoms with Gasteiger partial charge in [0.15, 0.2) is 0 Å². The highest BCUT2D eigenvalue weighted by molar-refractivity contribution is 7.89. The summed E-state index contributed by atoms with van der Waals surface area (Å²) in [5, 5.41) is 7.79. The summed E-state index contributed by atoms with van der Waals surface area (Å²) >= 11 is 0. The number of primary sulfonamides is 1. The van der Waals surface area contributed by atoms with Crippen LogP contribution in [0.1, 0.15) is 17.2 Å². The molecule has 9 heteroatoms. The fraction of sp³-hybridized carbons (Fsp3) is 0.222. The molecule has 8 nitrogen and oxygen atoms in total. The van der Waals surface area contributed by atoms with E-state index >= 15 is 0 Å². The second kappa shape index (κ2) is 7.37. The third-order valence-corrected chi connectivity index (χ3v) is 5.32. The van der Waals surface area contributed by atoms with E-state index in [-0.39, 0.29) is 4.90 Å². The van der Waals surface area contributed by atoms with Gasteiger partial charge in [-0.15, -0.1) is 0 Å². The summed E-state index contributed by atoms with van der Waals surface area (Å²) < 4.78 is 27.5. The number of rotatable bonds is 3. The van der Waals surface area contributed by atoms with E-state index in [2.05, 4.69) is 5.32 Å². The molecule has 1 atom stereocenters. The molecule has 2 aromatic carbocycles. The molecular formula is C18H19N3O5S. The number of nitrogens with one attached hydrogen (secondary N) is 1. The van der Waals surface area contributed by atoms with Crippen molar-refractivity contribution in [3.63, 3.8) is 0 Å². The average Bonchev–Trinajstić information content (AvgIpc) is 2.66. The molecule has 0 spiro atoms. The zero-order chi connectivity index (χ0) is 19.6. The van der Waals surface area contributed by atoms with Gasteiger partial charge >= 0.3 is 6.09 Å². The normalized spacial score (nSPS) is 16.4. The van der Waals surface area contributed by atoms with Crippen LogP contribution in [-0.4, -0.2) is 39.0 Å². The average molecular weight is 389 g/mol. The summed E-state index contributed by atoms with van der Waals surface area (Å²) in [7, 11) is -2.55. The number of sulfonamides is 1. The van der Waals surface area contributed by atoms with Crippen LogP contribution in [0.2, 0.25) is 0 Å². The Morgan fingerprint density at radius 3 is 2.44 bits per heavy atom. The van der Waals surface area contributed by atoms with Crippen LogP contribution in [0.4, 0.5) is 10.5 Å². The van der Waals surface area contributed by atoms with E-state index < -0.39 is 28.1 Å². The summed E-state index contributed by atoms with van der Waals surface area (Å²) in [4.78, 5) is 26.4. The van der Waals surface area contributed by atoms with Crippen molar-refractivity contribution in [1.82, 2.24) is 4.90 Å². The molecule has 3 rings (SSSR count).